The van der Waals surface area contributed by atoms with Gasteiger partial charge in [-0.3, -0.25) is 0 Å². The van der Waals surface area contributed by atoms with Crippen molar-refractivity contribution in [3.63, 3.8) is 0 Å². The molecule has 5 rings (SSSR count). The van der Waals surface area contributed by atoms with E-state index < -0.39 is 11.6 Å². The van der Waals surface area contributed by atoms with Crippen molar-refractivity contribution in [2.45, 2.75) is 89.9 Å². The lowest BCUT2D eigenvalue weighted by Gasteiger charge is -2.38. The zero-order chi connectivity index (χ0) is 28.1. The van der Waals surface area contributed by atoms with Gasteiger partial charge in [0, 0.05) is 11.1 Å². The van der Waals surface area contributed by atoms with Crippen LogP contribution in [0.2, 0.25) is 0 Å². The number of rotatable bonds is 9. The first-order valence-electron chi connectivity index (χ1n) is 15.5. The van der Waals surface area contributed by atoms with E-state index in [1.165, 1.54) is 44.9 Å². The van der Waals surface area contributed by atoms with E-state index in [0.29, 0.717) is 29.0 Å². The zero-order valence-corrected chi connectivity index (χ0v) is 23.9. The van der Waals surface area contributed by atoms with Crippen molar-refractivity contribution < 1.29 is 13.2 Å². The number of hydrogen-bond donors (Lipinski definition) is 0. The quantitative estimate of drug-likeness (QED) is 0.235. The van der Waals surface area contributed by atoms with Crippen LogP contribution in [0.1, 0.15) is 94.6 Å². The van der Waals surface area contributed by atoms with Crippen LogP contribution in [-0.4, -0.2) is 0 Å². The molecule has 0 unspecified atom stereocenters. The summed E-state index contributed by atoms with van der Waals surface area (Å²) in [5.74, 6) is 1.23. The highest BCUT2D eigenvalue weighted by Gasteiger charge is 2.31. The molecule has 2 saturated carbocycles. The van der Waals surface area contributed by atoms with Gasteiger partial charge in [-0.05, 0) is 110 Å². The topological polar surface area (TPSA) is 0 Å². The van der Waals surface area contributed by atoms with Crippen LogP contribution in [0.4, 0.5) is 13.2 Å². The van der Waals surface area contributed by atoms with Crippen LogP contribution in [0.3, 0.4) is 0 Å². The van der Waals surface area contributed by atoms with Gasteiger partial charge in [-0.25, -0.2) is 13.2 Å². The van der Waals surface area contributed by atoms with Crippen molar-refractivity contribution in [1.82, 2.24) is 0 Å². The average molecular weight is 545 g/mol. The fourth-order valence-electron chi connectivity index (χ4n) is 7.35. The Morgan fingerprint density at radius 3 is 1.93 bits per heavy atom. The fourth-order valence-corrected chi connectivity index (χ4v) is 7.35. The second-order valence-electron chi connectivity index (χ2n) is 12.2. The van der Waals surface area contributed by atoms with E-state index in [2.05, 4.69) is 18.7 Å². The van der Waals surface area contributed by atoms with Gasteiger partial charge in [0.2, 0.25) is 0 Å². The summed E-state index contributed by atoms with van der Waals surface area (Å²) in [7, 11) is 0. The summed E-state index contributed by atoms with van der Waals surface area (Å²) in [5, 5.41) is 0. The minimum Gasteiger partial charge on any atom is -0.206 e. The second kappa shape index (κ2) is 13.2. The SMILES string of the molecule is C=CCCC1CCC(C2CCC(c3ccc(-c4ccc(-c5ccc(CCC)c(F)c5F)cc4)c(F)c3)CC2)CC1. The van der Waals surface area contributed by atoms with E-state index in [1.807, 2.05) is 13.0 Å². The molecule has 0 aromatic heterocycles. The Bertz CT molecular complexity index is 1280. The summed E-state index contributed by atoms with van der Waals surface area (Å²) in [6.07, 6.45) is 16.1. The maximum absolute atomic E-state index is 15.3. The van der Waals surface area contributed by atoms with Gasteiger partial charge in [0.25, 0.3) is 0 Å². The van der Waals surface area contributed by atoms with Crippen LogP contribution in [0, 0.1) is 35.2 Å². The number of aryl methyl sites for hydroxylation is 1. The van der Waals surface area contributed by atoms with Crippen LogP contribution in [0.25, 0.3) is 22.3 Å². The number of benzene rings is 3. The van der Waals surface area contributed by atoms with Crippen molar-refractivity contribution in [2.75, 3.05) is 0 Å². The monoisotopic (exact) mass is 544 g/mol. The van der Waals surface area contributed by atoms with Crippen molar-refractivity contribution >= 4 is 0 Å². The molecule has 3 aromatic carbocycles. The lowest BCUT2D eigenvalue weighted by atomic mass is 9.68. The third-order valence-corrected chi connectivity index (χ3v) is 9.76. The minimum atomic E-state index is -0.819. The number of allylic oxidation sites excluding steroid dienone is 1. The molecule has 2 aliphatic rings. The maximum Gasteiger partial charge on any atom is 0.166 e. The molecule has 3 heteroatoms. The molecular weight excluding hydrogens is 501 g/mol. The summed E-state index contributed by atoms with van der Waals surface area (Å²) >= 11 is 0. The van der Waals surface area contributed by atoms with Gasteiger partial charge in [0.15, 0.2) is 11.6 Å². The second-order valence-corrected chi connectivity index (χ2v) is 12.2. The van der Waals surface area contributed by atoms with Crippen LogP contribution in [0.15, 0.2) is 67.3 Å². The van der Waals surface area contributed by atoms with Crippen molar-refractivity contribution in [3.05, 3.63) is 95.8 Å². The molecule has 0 spiro atoms. The lowest BCUT2D eigenvalue weighted by molar-refractivity contribution is 0.157. The van der Waals surface area contributed by atoms with Crippen molar-refractivity contribution in [2.24, 2.45) is 17.8 Å². The minimum absolute atomic E-state index is 0.216. The largest absolute Gasteiger partial charge is 0.206 e. The predicted octanol–water partition coefficient (Wildman–Crippen LogP) is 11.4. The smallest absolute Gasteiger partial charge is 0.166 e. The summed E-state index contributed by atoms with van der Waals surface area (Å²) < 4.78 is 44.5. The third-order valence-electron chi connectivity index (χ3n) is 9.76. The standard InChI is InChI=1S/C37H43F3/c1-3-5-7-25-8-10-26(11-9-25)27-12-14-28(15-13-27)32-21-22-33(35(38)24-32)29-16-18-30(19-17-29)34-23-20-31(6-4-2)36(39)37(34)40/h3,16-28H,1,4-15H2,2H3. The Labute approximate surface area is 238 Å². The van der Waals surface area contributed by atoms with Gasteiger partial charge in [-0.2, -0.15) is 0 Å². The average Bonchev–Trinajstić information content (AvgIpc) is 2.99. The Balaban J connectivity index is 1.20. The molecule has 0 aliphatic heterocycles. The molecule has 3 aromatic rings. The molecule has 212 valence electrons. The molecule has 40 heavy (non-hydrogen) atoms. The van der Waals surface area contributed by atoms with Crippen LogP contribution in [-0.2, 0) is 6.42 Å². The van der Waals surface area contributed by atoms with Gasteiger partial charge >= 0.3 is 0 Å². The predicted molar refractivity (Wildman–Crippen MR) is 161 cm³/mol. The Morgan fingerprint density at radius 2 is 1.32 bits per heavy atom. The molecule has 2 fully saturated rings. The highest BCUT2D eigenvalue weighted by molar-refractivity contribution is 5.71. The molecule has 0 radical (unpaired) electrons. The van der Waals surface area contributed by atoms with Gasteiger partial charge < -0.3 is 0 Å². The van der Waals surface area contributed by atoms with Gasteiger partial charge in [0.05, 0.1) is 0 Å². The summed E-state index contributed by atoms with van der Waals surface area (Å²) in [6.45, 7) is 5.81. The Hall–Kier alpha value is -2.81. The molecule has 0 atom stereocenters. The first kappa shape index (κ1) is 28.7. The molecule has 2 aliphatic carbocycles. The van der Waals surface area contributed by atoms with E-state index in [-0.39, 0.29) is 11.4 Å². The lowest BCUT2D eigenvalue weighted by Crippen LogP contribution is -2.25. The Morgan fingerprint density at radius 1 is 0.725 bits per heavy atom. The molecule has 0 bridgehead atoms. The van der Waals surface area contributed by atoms with Gasteiger partial charge in [-0.1, -0.05) is 80.8 Å². The molecule has 0 N–H and O–H groups in total. The van der Waals surface area contributed by atoms with Crippen molar-refractivity contribution in [1.29, 1.82) is 0 Å². The molecular formula is C37H43F3. The van der Waals surface area contributed by atoms with E-state index in [1.54, 1.807) is 42.5 Å². The molecule has 0 saturated heterocycles. The summed E-state index contributed by atoms with van der Waals surface area (Å²) in [6, 6.07) is 16.1. The number of hydrogen-bond acceptors (Lipinski definition) is 0. The van der Waals surface area contributed by atoms with E-state index in [0.717, 1.165) is 54.6 Å². The van der Waals surface area contributed by atoms with E-state index in [9.17, 15) is 8.78 Å². The summed E-state index contributed by atoms with van der Waals surface area (Å²) in [5.41, 5.74) is 3.61. The molecule has 0 amide bonds. The fraction of sp³-hybridized carbons (Fsp3) is 0.459. The highest BCUT2D eigenvalue weighted by atomic mass is 19.2. The Kier molecular flexibility index (Phi) is 9.50. The maximum atomic E-state index is 15.3. The number of halogens is 3. The van der Waals surface area contributed by atoms with Crippen LogP contribution >= 0.6 is 0 Å². The van der Waals surface area contributed by atoms with Crippen LogP contribution < -0.4 is 0 Å². The first-order chi connectivity index (χ1) is 19.5. The van der Waals surface area contributed by atoms with Gasteiger partial charge in [0.1, 0.15) is 5.82 Å². The van der Waals surface area contributed by atoms with Gasteiger partial charge in [-0.15, -0.1) is 6.58 Å². The van der Waals surface area contributed by atoms with E-state index in [4.69, 9.17) is 0 Å². The van der Waals surface area contributed by atoms with Crippen LogP contribution in [0.5, 0.6) is 0 Å². The third kappa shape index (κ3) is 6.40. The first-order valence-corrected chi connectivity index (χ1v) is 15.5. The van der Waals surface area contributed by atoms with Crippen molar-refractivity contribution in [3.8, 4) is 22.3 Å². The van der Waals surface area contributed by atoms with E-state index >= 15 is 4.39 Å². The summed E-state index contributed by atoms with van der Waals surface area (Å²) in [4.78, 5) is 0. The molecule has 0 heterocycles. The normalized spacial score (nSPS) is 23.2. The zero-order valence-electron chi connectivity index (χ0n) is 23.9. The highest BCUT2D eigenvalue weighted by Crippen LogP contribution is 2.45. The molecule has 0 nitrogen and oxygen atoms in total.